The number of anilines is 2. The van der Waals surface area contributed by atoms with Crippen molar-refractivity contribution < 1.29 is 13.2 Å². The van der Waals surface area contributed by atoms with Gasteiger partial charge < -0.3 is 4.90 Å². The van der Waals surface area contributed by atoms with Crippen molar-refractivity contribution in [3.63, 3.8) is 0 Å². The molecule has 0 unspecified atom stereocenters. The number of amides is 1. The summed E-state index contributed by atoms with van der Waals surface area (Å²) in [4.78, 5) is 15.0. The molecule has 0 aromatic heterocycles. The minimum atomic E-state index is -3.63. The lowest BCUT2D eigenvalue weighted by molar-refractivity contribution is -0.119. The normalized spacial score (nSPS) is 15.2. The minimum Gasteiger partial charge on any atom is -0.310 e. The van der Waals surface area contributed by atoms with E-state index in [9.17, 15) is 13.2 Å². The summed E-state index contributed by atoms with van der Waals surface area (Å²) in [6.07, 6.45) is 2.96. The molecule has 1 aliphatic rings. The van der Waals surface area contributed by atoms with E-state index in [0.29, 0.717) is 12.2 Å². The number of benzene rings is 2. The Labute approximate surface area is 161 Å². The van der Waals surface area contributed by atoms with Gasteiger partial charge in [0.15, 0.2) is 0 Å². The van der Waals surface area contributed by atoms with Gasteiger partial charge in [-0.3, -0.25) is 9.10 Å². The molecule has 2 aromatic rings. The van der Waals surface area contributed by atoms with Crippen molar-refractivity contribution in [1.29, 1.82) is 0 Å². The van der Waals surface area contributed by atoms with Crippen LogP contribution >= 0.6 is 0 Å². The molecule has 0 saturated heterocycles. The fourth-order valence-electron chi connectivity index (χ4n) is 3.87. The molecule has 1 aliphatic heterocycles. The number of carbonyl (C=O) groups excluding carboxylic acids is 1. The van der Waals surface area contributed by atoms with Gasteiger partial charge in [0.1, 0.15) is 6.04 Å². The predicted molar refractivity (Wildman–Crippen MR) is 110 cm³/mol. The SMILES string of the molecule is Cc1cc(C)cc(N([C@H](C)C(=O)N2CCCc3ccccc32)S(C)(=O)=O)c1. The minimum absolute atomic E-state index is 0.202. The van der Waals surface area contributed by atoms with E-state index in [-0.39, 0.29) is 5.91 Å². The fourth-order valence-corrected chi connectivity index (χ4v) is 5.02. The van der Waals surface area contributed by atoms with Gasteiger partial charge in [-0.05, 0) is 68.5 Å². The maximum absolute atomic E-state index is 13.3. The number of hydrogen-bond acceptors (Lipinski definition) is 3. The number of rotatable bonds is 4. The van der Waals surface area contributed by atoms with E-state index in [0.717, 1.165) is 41.5 Å². The molecule has 1 amide bonds. The summed E-state index contributed by atoms with van der Waals surface area (Å²) in [6.45, 7) is 6.11. The molecular formula is C21H26N2O3S. The van der Waals surface area contributed by atoms with Gasteiger partial charge in [0.05, 0.1) is 11.9 Å². The molecule has 0 saturated carbocycles. The second kappa shape index (κ2) is 7.35. The standard InChI is InChI=1S/C21H26N2O3S/c1-15-12-16(2)14-19(13-15)23(27(4,25)26)17(3)21(24)22-11-7-9-18-8-5-6-10-20(18)22/h5-6,8,10,12-14,17H,7,9,11H2,1-4H3/t17-/m1/s1. The predicted octanol–water partition coefficient (Wildman–Crippen LogP) is 3.44. The molecule has 6 heteroatoms. The van der Waals surface area contributed by atoms with Crippen LogP contribution in [-0.4, -0.2) is 33.2 Å². The number of nitrogens with zero attached hydrogens (tertiary/aromatic N) is 2. The Balaban J connectivity index is 2.00. The van der Waals surface area contributed by atoms with Crippen molar-refractivity contribution in [2.45, 2.75) is 39.7 Å². The van der Waals surface area contributed by atoms with Crippen molar-refractivity contribution in [2.75, 3.05) is 22.0 Å². The highest BCUT2D eigenvalue weighted by Gasteiger charge is 2.34. The van der Waals surface area contributed by atoms with Crippen LogP contribution < -0.4 is 9.21 Å². The van der Waals surface area contributed by atoms with Gasteiger partial charge in [0, 0.05) is 12.2 Å². The van der Waals surface area contributed by atoms with Crippen molar-refractivity contribution in [3.05, 3.63) is 59.2 Å². The largest absolute Gasteiger partial charge is 0.310 e. The van der Waals surface area contributed by atoms with Crippen molar-refractivity contribution in [3.8, 4) is 0 Å². The highest BCUT2D eigenvalue weighted by atomic mass is 32.2. The van der Waals surface area contributed by atoms with E-state index >= 15 is 0 Å². The lowest BCUT2D eigenvalue weighted by Crippen LogP contribution is -2.50. The zero-order chi connectivity index (χ0) is 19.8. The second-order valence-electron chi connectivity index (χ2n) is 7.30. The Morgan fingerprint density at radius 3 is 2.37 bits per heavy atom. The van der Waals surface area contributed by atoms with Crippen LogP contribution in [0, 0.1) is 13.8 Å². The van der Waals surface area contributed by atoms with E-state index in [4.69, 9.17) is 0 Å². The Kier molecular flexibility index (Phi) is 5.29. The quantitative estimate of drug-likeness (QED) is 0.809. The monoisotopic (exact) mass is 386 g/mol. The van der Waals surface area contributed by atoms with Crippen LogP contribution in [0.1, 0.15) is 30.0 Å². The molecular weight excluding hydrogens is 360 g/mol. The van der Waals surface area contributed by atoms with Crippen LogP contribution in [0.3, 0.4) is 0 Å². The zero-order valence-electron chi connectivity index (χ0n) is 16.3. The first-order chi connectivity index (χ1) is 12.7. The Morgan fingerprint density at radius 1 is 1.11 bits per heavy atom. The van der Waals surface area contributed by atoms with Crippen molar-refractivity contribution >= 4 is 27.3 Å². The number of hydrogen-bond donors (Lipinski definition) is 0. The molecule has 0 radical (unpaired) electrons. The summed E-state index contributed by atoms with van der Waals surface area (Å²) in [5, 5.41) is 0. The molecule has 27 heavy (non-hydrogen) atoms. The molecule has 2 aromatic carbocycles. The van der Waals surface area contributed by atoms with E-state index < -0.39 is 16.1 Å². The maximum atomic E-state index is 13.3. The molecule has 144 valence electrons. The highest BCUT2D eigenvalue weighted by molar-refractivity contribution is 7.92. The van der Waals surface area contributed by atoms with E-state index in [1.165, 1.54) is 4.31 Å². The second-order valence-corrected chi connectivity index (χ2v) is 9.16. The number of fused-ring (bicyclic) bond motifs is 1. The average molecular weight is 387 g/mol. The van der Waals surface area contributed by atoms with Gasteiger partial charge in [-0.1, -0.05) is 24.3 Å². The van der Waals surface area contributed by atoms with Gasteiger partial charge in [-0.25, -0.2) is 8.42 Å². The summed E-state index contributed by atoms with van der Waals surface area (Å²) in [7, 11) is -3.63. The van der Waals surface area contributed by atoms with E-state index in [2.05, 4.69) is 0 Å². The molecule has 0 bridgehead atoms. The third-order valence-electron chi connectivity index (χ3n) is 4.90. The number of para-hydroxylation sites is 1. The van der Waals surface area contributed by atoms with Crippen molar-refractivity contribution in [2.24, 2.45) is 0 Å². The van der Waals surface area contributed by atoms with Crippen LogP contribution in [0.25, 0.3) is 0 Å². The van der Waals surface area contributed by atoms with Gasteiger partial charge in [0.25, 0.3) is 5.91 Å². The molecule has 3 rings (SSSR count). The molecule has 0 aliphatic carbocycles. The van der Waals surface area contributed by atoms with Crippen LogP contribution in [-0.2, 0) is 21.2 Å². The zero-order valence-corrected chi connectivity index (χ0v) is 17.1. The topological polar surface area (TPSA) is 57.7 Å². The van der Waals surface area contributed by atoms with Crippen LogP contribution in [0.5, 0.6) is 0 Å². The van der Waals surface area contributed by atoms with Gasteiger partial charge in [-0.15, -0.1) is 0 Å². The van der Waals surface area contributed by atoms with Gasteiger partial charge in [0.2, 0.25) is 10.0 Å². The maximum Gasteiger partial charge on any atom is 0.250 e. The molecule has 1 atom stereocenters. The summed E-state index contributed by atoms with van der Waals surface area (Å²) < 4.78 is 26.4. The first-order valence-corrected chi connectivity index (χ1v) is 11.0. The van der Waals surface area contributed by atoms with Gasteiger partial charge in [-0.2, -0.15) is 0 Å². The third-order valence-corrected chi connectivity index (χ3v) is 6.15. The Morgan fingerprint density at radius 2 is 1.74 bits per heavy atom. The van der Waals surface area contributed by atoms with Crippen LogP contribution in [0.4, 0.5) is 11.4 Å². The van der Waals surface area contributed by atoms with Crippen LogP contribution in [0.2, 0.25) is 0 Å². The first-order valence-electron chi connectivity index (χ1n) is 9.15. The Bertz CT molecular complexity index is 949. The molecule has 1 heterocycles. The molecule has 5 nitrogen and oxygen atoms in total. The summed E-state index contributed by atoms with van der Waals surface area (Å²) >= 11 is 0. The first kappa shape index (κ1) is 19.4. The molecule has 0 N–H and O–H groups in total. The lowest BCUT2D eigenvalue weighted by atomic mass is 10.0. The number of carbonyl (C=O) groups is 1. The lowest BCUT2D eigenvalue weighted by Gasteiger charge is -2.35. The smallest absolute Gasteiger partial charge is 0.250 e. The van der Waals surface area contributed by atoms with Crippen LogP contribution in [0.15, 0.2) is 42.5 Å². The van der Waals surface area contributed by atoms with Crippen molar-refractivity contribution in [1.82, 2.24) is 0 Å². The van der Waals surface area contributed by atoms with Gasteiger partial charge >= 0.3 is 0 Å². The number of sulfonamides is 1. The fraction of sp³-hybridized carbons (Fsp3) is 0.381. The summed E-state index contributed by atoms with van der Waals surface area (Å²) in [5.41, 5.74) is 4.46. The summed E-state index contributed by atoms with van der Waals surface area (Å²) in [6, 6.07) is 12.6. The number of aryl methyl sites for hydroxylation is 3. The van der Waals surface area contributed by atoms with E-state index in [1.807, 2.05) is 56.3 Å². The third kappa shape index (κ3) is 4.00. The highest BCUT2D eigenvalue weighted by Crippen LogP contribution is 2.30. The summed E-state index contributed by atoms with van der Waals surface area (Å²) in [5.74, 6) is -0.202. The average Bonchev–Trinajstić information content (AvgIpc) is 2.58. The molecule has 0 spiro atoms. The Hall–Kier alpha value is -2.34. The van der Waals surface area contributed by atoms with E-state index in [1.54, 1.807) is 11.8 Å². The molecule has 0 fully saturated rings.